The maximum Gasteiger partial charge on any atom is 0.224 e. The molecule has 1 atom stereocenters. The number of rotatable bonds is 9. The molecule has 1 saturated heterocycles. The predicted octanol–water partition coefficient (Wildman–Crippen LogP) is 2.38. The number of carbonyl (C=O) groups is 1. The Hall–Kier alpha value is -0.570. The van der Waals surface area contributed by atoms with Crippen LogP contribution < -0.4 is 10.6 Å². The van der Waals surface area contributed by atoms with Crippen molar-refractivity contribution in [3.05, 3.63) is 0 Å². The Morgan fingerprint density at radius 1 is 1.20 bits per heavy atom. The third-order valence-electron chi connectivity index (χ3n) is 4.79. The van der Waals surface area contributed by atoms with Gasteiger partial charge in [-0.05, 0) is 51.4 Å². The Balaban J connectivity index is 0.00000312. The smallest absolute Gasteiger partial charge is 0.224 e. The van der Waals surface area contributed by atoms with Crippen LogP contribution in [0.3, 0.4) is 0 Å². The van der Waals surface area contributed by atoms with Gasteiger partial charge in [-0.2, -0.15) is 0 Å². The molecule has 1 unspecified atom stereocenters. The second-order valence-corrected chi connectivity index (χ2v) is 6.98. The molecule has 0 aromatic rings. The molecule has 1 amide bonds. The van der Waals surface area contributed by atoms with E-state index in [1.807, 2.05) is 4.90 Å². The van der Waals surface area contributed by atoms with Gasteiger partial charge in [-0.3, -0.25) is 9.79 Å². The minimum atomic E-state index is 0. The fourth-order valence-electron chi connectivity index (χ4n) is 3.04. The number of halogens is 1. The van der Waals surface area contributed by atoms with Crippen LogP contribution in [0, 0.1) is 5.92 Å². The van der Waals surface area contributed by atoms with Crippen LogP contribution in [0.15, 0.2) is 4.99 Å². The van der Waals surface area contributed by atoms with Crippen LogP contribution in [-0.2, 0) is 9.53 Å². The normalized spacial score (nSPS) is 20.8. The van der Waals surface area contributed by atoms with Crippen molar-refractivity contribution in [3.63, 3.8) is 0 Å². The Labute approximate surface area is 169 Å². The van der Waals surface area contributed by atoms with Crippen LogP contribution in [0.25, 0.3) is 0 Å². The third-order valence-corrected chi connectivity index (χ3v) is 4.79. The highest BCUT2D eigenvalue weighted by atomic mass is 127. The van der Waals surface area contributed by atoms with Crippen LogP contribution in [0.5, 0.6) is 0 Å². The molecule has 2 N–H and O–H groups in total. The van der Waals surface area contributed by atoms with Crippen LogP contribution in [0.2, 0.25) is 0 Å². The number of likely N-dealkylation sites (tertiary alicyclic amines) is 1. The number of amides is 1. The minimum absolute atomic E-state index is 0. The van der Waals surface area contributed by atoms with Crippen molar-refractivity contribution in [1.29, 1.82) is 0 Å². The number of piperidine rings is 1. The molecule has 0 aromatic heterocycles. The summed E-state index contributed by atoms with van der Waals surface area (Å²) < 4.78 is 5.61. The molecule has 6 nitrogen and oxygen atoms in total. The van der Waals surface area contributed by atoms with E-state index in [0.717, 1.165) is 57.4 Å². The molecular formula is C18H35IN4O2. The maximum absolute atomic E-state index is 12.3. The number of ether oxygens (including phenoxy) is 1. The second-order valence-electron chi connectivity index (χ2n) is 6.98. The SMILES string of the molecule is CN=C(NCCCOCC1CC1)NCCC(=O)N1CCCCC1C.I. The molecule has 2 rings (SSSR count). The average Bonchev–Trinajstić information content (AvgIpc) is 3.40. The van der Waals surface area contributed by atoms with Crippen LogP contribution in [0.4, 0.5) is 0 Å². The van der Waals surface area contributed by atoms with E-state index in [2.05, 4.69) is 22.5 Å². The molecule has 1 aliphatic carbocycles. The van der Waals surface area contributed by atoms with E-state index >= 15 is 0 Å². The van der Waals surface area contributed by atoms with Crippen molar-refractivity contribution in [1.82, 2.24) is 15.5 Å². The number of guanidine groups is 1. The van der Waals surface area contributed by atoms with Gasteiger partial charge in [0.2, 0.25) is 5.91 Å². The van der Waals surface area contributed by atoms with Crippen molar-refractivity contribution in [3.8, 4) is 0 Å². The van der Waals surface area contributed by atoms with Gasteiger partial charge in [0, 0.05) is 52.4 Å². The summed E-state index contributed by atoms with van der Waals surface area (Å²) >= 11 is 0. The summed E-state index contributed by atoms with van der Waals surface area (Å²) in [7, 11) is 1.76. The summed E-state index contributed by atoms with van der Waals surface area (Å²) in [5, 5.41) is 6.49. The number of hydrogen-bond donors (Lipinski definition) is 2. The first-order chi connectivity index (χ1) is 11.7. The summed E-state index contributed by atoms with van der Waals surface area (Å²) in [4.78, 5) is 18.5. The fourth-order valence-corrected chi connectivity index (χ4v) is 3.04. The fraction of sp³-hybridized carbons (Fsp3) is 0.889. The molecule has 25 heavy (non-hydrogen) atoms. The largest absolute Gasteiger partial charge is 0.381 e. The maximum atomic E-state index is 12.3. The summed E-state index contributed by atoms with van der Waals surface area (Å²) in [5.74, 6) is 1.84. The second kappa shape index (κ2) is 12.7. The number of nitrogens with zero attached hydrogens (tertiary/aromatic N) is 2. The summed E-state index contributed by atoms with van der Waals surface area (Å²) in [6.45, 7) is 6.24. The number of aliphatic imine (C=N–C) groups is 1. The molecule has 0 radical (unpaired) electrons. The van der Waals surface area contributed by atoms with Crippen molar-refractivity contribution in [2.75, 3.05) is 39.9 Å². The molecular weight excluding hydrogens is 431 g/mol. The van der Waals surface area contributed by atoms with E-state index < -0.39 is 0 Å². The van der Waals surface area contributed by atoms with Gasteiger partial charge in [-0.15, -0.1) is 24.0 Å². The lowest BCUT2D eigenvalue weighted by atomic mass is 10.0. The van der Waals surface area contributed by atoms with Crippen molar-refractivity contribution in [2.45, 2.75) is 57.9 Å². The molecule has 7 heteroatoms. The summed E-state index contributed by atoms with van der Waals surface area (Å²) in [5.41, 5.74) is 0. The minimum Gasteiger partial charge on any atom is -0.381 e. The molecule has 2 fully saturated rings. The monoisotopic (exact) mass is 466 g/mol. The molecule has 0 spiro atoms. The van der Waals surface area contributed by atoms with Gasteiger partial charge in [0.15, 0.2) is 5.96 Å². The standard InChI is InChI=1S/C18H34N4O2.HI/c1-15-6-3-4-12-22(15)17(23)9-11-21-18(19-2)20-10-5-13-24-14-16-7-8-16;/h15-16H,3-14H2,1-2H3,(H2,19,20,21);1H. The summed E-state index contributed by atoms with van der Waals surface area (Å²) in [6, 6.07) is 0.388. The Morgan fingerprint density at radius 3 is 2.64 bits per heavy atom. The highest BCUT2D eigenvalue weighted by molar-refractivity contribution is 14.0. The van der Waals surface area contributed by atoms with E-state index in [1.165, 1.54) is 19.3 Å². The van der Waals surface area contributed by atoms with Crippen LogP contribution >= 0.6 is 24.0 Å². The molecule has 2 aliphatic rings. The Morgan fingerprint density at radius 2 is 1.96 bits per heavy atom. The van der Waals surface area contributed by atoms with Gasteiger partial charge in [0.25, 0.3) is 0 Å². The van der Waals surface area contributed by atoms with Gasteiger partial charge >= 0.3 is 0 Å². The first kappa shape index (κ1) is 22.5. The summed E-state index contributed by atoms with van der Waals surface area (Å²) in [6.07, 6.45) is 7.67. The van der Waals surface area contributed by atoms with Gasteiger partial charge in [0.05, 0.1) is 0 Å². The van der Waals surface area contributed by atoms with E-state index in [0.29, 0.717) is 19.0 Å². The van der Waals surface area contributed by atoms with E-state index in [9.17, 15) is 4.79 Å². The molecule has 1 heterocycles. The molecule has 1 aliphatic heterocycles. The van der Waals surface area contributed by atoms with E-state index in [4.69, 9.17) is 4.74 Å². The molecule has 146 valence electrons. The van der Waals surface area contributed by atoms with Gasteiger partial charge < -0.3 is 20.3 Å². The molecule has 0 aromatic carbocycles. The lowest BCUT2D eigenvalue weighted by Gasteiger charge is -2.33. The van der Waals surface area contributed by atoms with Gasteiger partial charge in [0.1, 0.15) is 0 Å². The van der Waals surface area contributed by atoms with E-state index in [1.54, 1.807) is 7.05 Å². The first-order valence-corrected chi connectivity index (χ1v) is 9.52. The zero-order valence-corrected chi connectivity index (χ0v) is 18.1. The number of nitrogens with one attached hydrogen (secondary N) is 2. The Bertz CT molecular complexity index is 416. The highest BCUT2D eigenvalue weighted by Gasteiger charge is 2.22. The molecule has 0 bridgehead atoms. The number of hydrogen-bond acceptors (Lipinski definition) is 3. The van der Waals surface area contributed by atoms with Crippen LogP contribution in [-0.4, -0.2) is 62.7 Å². The first-order valence-electron chi connectivity index (χ1n) is 9.52. The van der Waals surface area contributed by atoms with Gasteiger partial charge in [-0.25, -0.2) is 0 Å². The quantitative estimate of drug-likeness (QED) is 0.237. The topological polar surface area (TPSA) is 66.0 Å². The lowest BCUT2D eigenvalue weighted by Crippen LogP contribution is -2.44. The zero-order valence-electron chi connectivity index (χ0n) is 15.8. The van der Waals surface area contributed by atoms with Crippen LogP contribution in [0.1, 0.15) is 51.9 Å². The highest BCUT2D eigenvalue weighted by Crippen LogP contribution is 2.28. The Kier molecular flexibility index (Phi) is 11.4. The van der Waals surface area contributed by atoms with Crippen molar-refractivity contribution in [2.24, 2.45) is 10.9 Å². The third kappa shape index (κ3) is 9.08. The van der Waals surface area contributed by atoms with Crippen molar-refractivity contribution >= 4 is 35.8 Å². The van der Waals surface area contributed by atoms with Gasteiger partial charge in [-0.1, -0.05) is 0 Å². The van der Waals surface area contributed by atoms with Crippen molar-refractivity contribution < 1.29 is 9.53 Å². The average molecular weight is 466 g/mol. The molecule has 1 saturated carbocycles. The zero-order chi connectivity index (χ0) is 17.2. The van der Waals surface area contributed by atoms with E-state index in [-0.39, 0.29) is 29.9 Å². The number of carbonyl (C=O) groups excluding carboxylic acids is 1. The lowest BCUT2D eigenvalue weighted by molar-refractivity contribution is -0.134. The predicted molar refractivity (Wildman–Crippen MR) is 113 cm³/mol.